The summed E-state index contributed by atoms with van der Waals surface area (Å²) in [4.78, 5) is 11.9. The van der Waals surface area contributed by atoms with Gasteiger partial charge in [-0.15, -0.1) is 0 Å². The second-order valence-corrected chi connectivity index (χ2v) is 6.21. The normalized spacial score (nSPS) is 18.2. The van der Waals surface area contributed by atoms with Crippen LogP contribution in [0.4, 0.5) is 0 Å². The molecule has 0 saturated carbocycles. The van der Waals surface area contributed by atoms with E-state index in [0.717, 1.165) is 18.2 Å². The molecule has 5 heteroatoms. The molecule has 0 aliphatic carbocycles. The summed E-state index contributed by atoms with van der Waals surface area (Å²) in [6.45, 7) is 3.31. The van der Waals surface area contributed by atoms with Crippen molar-refractivity contribution >= 4 is 17.7 Å². The van der Waals surface area contributed by atoms with Gasteiger partial charge < -0.3 is 15.1 Å². The highest BCUT2D eigenvalue weighted by molar-refractivity contribution is 7.99. The second-order valence-electron chi connectivity index (χ2n) is 4.98. The van der Waals surface area contributed by atoms with Gasteiger partial charge in [-0.2, -0.15) is 11.8 Å². The summed E-state index contributed by atoms with van der Waals surface area (Å²) >= 11 is 2.03. The molecule has 1 aliphatic heterocycles. The average Bonchev–Trinajstić information content (AvgIpc) is 2.96. The smallest absolute Gasteiger partial charge is 0.237 e. The molecule has 106 valence electrons. The fraction of sp³-hybridized carbons (Fsp3) is 0.643. The largest absolute Gasteiger partial charge is 0.467 e. The van der Waals surface area contributed by atoms with Crippen molar-refractivity contribution < 1.29 is 9.21 Å². The van der Waals surface area contributed by atoms with Crippen molar-refractivity contribution in [1.29, 1.82) is 0 Å². The molecule has 1 saturated heterocycles. The molecule has 2 rings (SSSR count). The molecule has 1 atom stereocenters. The van der Waals surface area contributed by atoms with Gasteiger partial charge in [-0.1, -0.05) is 0 Å². The second kappa shape index (κ2) is 7.60. The number of nitrogens with one attached hydrogen (secondary N) is 2. The Morgan fingerprint density at radius 2 is 2.32 bits per heavy atom. The third-order valence-corrected chi connectivity index (χ3v) is 4.51. The minimum absolute atomic E-state index is 0.0292. The average molecular weight is 282 g/mol. The van der Waals surface area contributed by atoms with Gasteiger partial charge in [0, 0.05) is 0 Å². The molecule has 1 aliphatic rings. The van der Waals surface area contributed by atoms with Crippen molar-refractivity contribution in [1.82, 2.24) is 10.6 Å². The summed E-state index contributed by atoms with van der Waals surface area (Å²) in [6.07, 6.45) is 4.14. The summed E-state index contributed by atoms with van der Waals surface area (Å²) in [5.74, 6) is 4.05. The lowest BCUT2D eigenvalue weighted by Crippen LogP contribution is -2.43. The van der Waals surface area contributed by atoms with Gasteiger partial charge >= 0.3 is 0 Å². The fourth-order valence-electron chi connectivity index (χ4n) is 2.13. The summed E-state index contributed by atoms with van der Waals surface area (Å²) < 4.78 is 5.18. The number of rotatable bonds is 6. The molecule has 1 aromatic rings. The third-order valence-electron chi connectivity index (χ3n) is 3.46. The van der Waals surface area contributed by atoms with Crippen LogP contribution in [-0.4, -0.2) is 30.0 Å². The van der Waals surface area contributed by atoms with E-state index >= 15 is 0 Å². The molecule has 1 unspecified atom stereocenters. The van der Waals surface area contributed by atoms with Crippen LogP contribution < -0.4 is 10.6 Å². The Morgan fingerprint density at radius 3 is 3.00 bits per heavy atom. The molecular weight excluding hydrogens is 260 g/mol. The zero-order chi connectivity index (χ0) is 13.5. The van der Waals surface area contributed by atoms with Gasteiger partial charge in [0.1, 0.15) is 5.76 Å². The number of carbonyl (C=O) groups excluding carboxylic acids is 1. The standard InChI is InChI=1S/C14H22N2O2S/c1-11(15-9-12-4-7-19-8-5-12)14(17)16-10-13-3-2-6-18-13/h2-3,6,11-12,15H,4-5,7-10H2,1H3,(H,16,17). The number of thioether (sulfide) groups is 1. The first kappa shape index (κ1) is 14.5. The Balaban J connectivity index is 1.64. The molecule has 1 amide bonds. The number of hydrogen-bond donors (Lipinski definition) is 2. The molecule has 19 heavy (non-hydrogen) atoms. The van der Waals surface area contributed by atoms with E-state index in [1.807, 2.05) is 30.8 Å². The molecule has 2 N–H and O–H groups in total. The van der Waals surface area contributed by atoms with E-state index in [1.165, 1.54) is 24.3 Å². The maximum absolute atomic E-state index is 11.9. The number of furan rings is 1. The van der Waals surface area contributed by atoms with Gasteiger partial charge in [0.05, 0.1) is 18.8 Å². The zero-order valence-corrected chi connectivity index (χ0v) is 12.2. The lowest BCUT2D eigenvalue weighted by molar-refractivity contribution is -0.123. The first-order chi connectivity index (χ1) is 9.25. The van der Waals surface area contributed by atoms with Crippen LogP contribution in [0.1, 0.15) is 25.5 Å². The summed E-state index contributed by atoms with van der Waals surface area (Å²) in [5, 5.41) is 6.20. The van der Waals surface area contributed by atoms with Gasteiger partial charge in [-0.25, -0.2) is 0 Å². The van der Waals surface area contributed by atoms with Crippen LogP contribution in [0, 0.1) is 5.92 Å². The monoisotopic (exact) mass is 282 g/mol. The molecule has 1 fully saturated rings. The van der Waals surface area contributed by atoms with Crippen molar-refractivity contribution in [3.63, 3.8) is 0 Å². The Morgan fingerprint density at radius 1 is 1.53 bits per heavy atom. The minimum Gasteiger partial charge on any atom is -0.467 e. The molecule has 2 heterocycles. The number of hydrogen-bond acceptors (Lipinski definition) is 4. The molecule has 0 aromatic carbocycles. The van der Waals surface area contributed by atoms with Gasteiger partial charge in [-0.3, -0.25) is 4.79 Å². The summed E-state index contributed by atoms with van der Waals surface area (Å²) in [6, 6.07) is 3.53. The predicted molar refractivity (Wildman–Crippen MR) is 78.1 cm³/mol. The van der Waals surface area contributed by atoms with Gasteiger partial charge in [0.25, 0.3) is 0 Å². The fourth-order valence-corrected chi connectivity index (χ4v) is 3.33. The van der Waals surface area contributed by atoms with E-state index in [0.29, 0.717) is 6.54 Å². The van der Waals surface area contributed by atoms with Gasteiger partial charge in [0.15, 0.2) is 0 Å². The first-order valence-corrected chi connectivity index (χ1v) is 8.02. The van der Waals surface area contributed by atoms with Crippen molar-refractivity contribution in [3.05, 3.63) is 24.2 Å². The Hall–Kier alpha value is -0.940. The molecule has 4 nitrogen and oxygen atoms in total. The van der Waals surface area contributed by atoms with Crippen molar-refractivity contribution in [2.75, 3.05) is 18.1 Å². The Kier molecular flexibility index (Phi) is 5.79. The molecule has 0 radical (unpaired) electrons. The third kappa shape index (κ3) is 4.91. The Labute approximate surface area is 118 Å². The van der Waals surface area contributed by atoms with Gasteiger partial charge in [0.2, 0.25) is 5.91 Å². The van der Waals surface area contributed by atoms with Gasteiger partial charge in [-0.05, 0) is 55.9 Å². The summed E-state index contributed by atoms with van der Waals surface area (Å²) in [5.41, 5.74) is 0. The van der Waals surface area contributed by atoms with Crippen LogP contribution >= 0.6 is 11.8 Å². The quantitative estimate of drug-likeness (QED) is 0.838. The first-order valence-electron chi connectivity index (χ1n) is 6.87. The SMILES string of the molecule is CC(NCC1CCSCC1)C(=O)NCc1ccco1. The highest BCUT2D eigenvalue weighted by Crippen LogP contribution is 2.21. The van der Waals surface area contributed by atoms with Crippen molar-refractivity contribution in [2.45, 2.75) is 32.4 Å². The highest BCUT2D eigenvalue weighted by atomic mass is 32.2. The minimum atomic E-state index is -0.149. The topological polar surface area (TPSA) is 54.3 Å². The van der Waals surface area contributed by atoms with Crippen molar-refractivity contribution in [2.24, 2.45) is 5.92 Å². The molecule has 0 bridgehead atoms. The maximum atomic E-state index is 11.9. The highest BCUT2D eigenvalue weighted by Gasteiger charge is 2.17. The van der Waals surface area contributed by atoms with E-state index in [1.54, 1.807) is 6.26 Å². The lowest BCUT2D eigenvalue weighted by atomic mass is 10.0. The molecule has 0 spiro atoms. The predicted octanol–water partition coefficient (Wildman–Crippen LogP) is 2.02. The maximum Gasteiger partial charge on any atom is 0.237 e. The molecule has 1 aromatic heterocycles. The van der Waals surface area contributed by atoms with Crippen LogP contribution in [0.25, 0.3) is 0 Å². The molecular formula is C14H22N2O2S. The van der Waals surface area contributed by atoms with E-state index in [4.69, 9.17) is 4.42 Å². The number of carbonyl (C=O) groups is 1. The van der Waals surface area contributed by atoms with Crippen molar-refractivity contribution in [3.8, 4) is 0 Å². The van der Waals surface area contributed by atoms with Crippen LogP contribution in [0.3, 0.4) is 0 Å². The zero-order valence-electron chi connectivity index (χ0n) is 11.4. The van der Waals surface area contributed by atoms with Crippen LogP contribution in [0.5, 0.6) is 0 Å². The van der Waals surface area contributed by atoms with E-state index < -0.39 is 0 Å². The summed E-state index contributed by atoms with van der Waals surface area (Å²) in [7, 11) is 0. The number of amides is 1. The van der Waals surface area contributed by atoms with Crippen LogP contribution in [-0.2, 0) is 11.3 Å². The lowest BCUT2D eigenvalue weighted by Gasteiger charge is -2.23. The van der Waals surface area contributed by atoms with E-state index in [-0.39, 0.29) is 11.9 Å². The van der Waals surface area contributed by atoms with Crippen LogP contribution in [0.2, 0.25) is 0 Å². The van der Waals surface area contributed by atoms with Crippen LogP contribution in [0.15, 0.2) is 22.8 Å². The van der Waals surface area contributed by atoms with E-state index in [9.17, 15) is 4.79 Å². The van der Waals surface area contributed by atoms with E-state index in [2.05, 4.69) is 10.6 Å². The Bertz CT molecular complexity index is 375.